The van der Waals surface area contributed by atoms with E-state index in [0.717, 1.165) is 61.3 Å². The maximum atomic E-state index is 12.0. The molecule has 28 heavy (non-hydrogen) atoms. The number of fused-ring (bicyclic) bond motifs is 1. The molecule has 7 heteroatoms. The first kappa shape index (κ1) is 19.0. The van der Waals surface area contributed by atoms with Crippen LogP contribution in [0.2, 0.25) is 0 Å². The number of para-hydroxylation sites is 1. The van der Waals surface area contributed by atoms with Crippen molar-refractivity contribution in [2.24, 2.45) is 0 Å². The van der Waals surface area contributed by atoms with Crippen molar-refractivity contribution in [3.8, 4) is 0 Å². The molecule has 0 saturated carbocycles. The molecule has 0 unspecified atom stereocenters. The summed E-state index contributed by atoms with van der Waals surface area (Å²) in [5.74, 6) is -0.924. The molecule has 0 radical (unpaired) electrons. The van der Waals surface area contributed by atoms with E-state index in [1.54, 1.807) is 0 Å². The molecule has 1 aromatic carbocycles. The highest BCUT2D eigenvalue weighted by Crippen LogP contribution is 2.36. The van der Waals surface area contributed by atoms with Gasteiger partial charge in [0.25, 0.3) is 0 Å². The van der Waals surface area contributed by atoms with Crippen molar-refractivity contribution in [1.82, 2.24) is 4.98 Å². The Morgan fingerprint density at radius 1 is 1.29 bits per heavy atom. The van der Waals surface area contributed by atoms with Gasteiger partial charge in [0.05, 0.1) is 50.2 Å². The molecule has 0 aliphatic carbocycles. The number of benzene rings is 1. The van der Waals surface area contributed by atoms with Gasteiger partial charge in [-0.1, -0.05) is 12.1 Å². The number of carboxylic acids is 1. The van der Waals surface area contributed by atoms with Crippen LogP contribution < -0.4 is 14.7 Å². The molecule has 2 aromatic rings. The van der Waals surface area contributed by atoms with Gasteiger partial charge >= 0.3 is 5.97 Å². The number of aromatic carboxylic acids is 1. The van der Waals surface area contributed by atoms with Gasteiger partial charge in [0.1, 0.15) is 5.56 Å². The third-order valence-electron chi connectivity index (χ3n) is 6.14. The number of morpholine rings is 1. The number of hydrogen-bond donors (Lipinski definition) is 2. The first-order valence-electron chi connectivity index (χ1n) is 10.1. The lowest BCUT2D eigenvalue weighted by Gasteiger charge is -2.36. The van der Waals surface area contributed by atoms with E-state index in [-0.39, 0.29) is 5.56 Å². The molecule has 2 fully saturated rings. The fourth-order valence-corrected chi connectivity index (χ4v) is 4.45. The summed E-state index contributed by atoms with van der Waals surface area (Å²) in [4.78, 5) is 22.6. The standard InChI is InChI=1S/C21H28N4O3/c1-23-8-6-15(7-9-23)24(2)20-16-4-3-5-18(25-10-12-28-13-11-25)19(16)22-14-17(20)21(26)27/h3-5,14-15H,6-13H2,1-2H3,(H,26,27)/p+1. The number of nitrogens with zero attached hydrogens (tertiary/aromatic N) is 3. The third kappa shape index (κ3) is 3.52. The molecule has 150 valence electrons. The Kier molecular flexibility index (Phi) is 5.37. The summed E-state index contributed by atoms with van der Waals surface area (Å²) in [7, 11) is 4.25. The smallest absolute Gasteiger partial charge is 0.339 e. The van der Waals surface area contributed by atoms with Gasteiger partial charge in [-0.3, -0.25) is 4.98 Å². The summed E-state index contributed by atoms with van der Waals surface area (Å²) < 4.78 is 5.48. The minimum atomic E-state index is -0.924. The number of anilines is 2. The second kappa shape index (κ2) is 7.93. The summed E-state index contributed by atoms with van der Waals surface area (Å²) >= 11 is 0. The summed E-state index contributed by atoms with van der Waals surface area (Å²) in [6.07, 6.45) is 3.66. The predicted molar refractivity (Wildman–Crippen MR) is 110 cm³/mol. The van der Waals surface area contributed by atoms with Gasteiger partial charge in [-0.05, 0) is 6.07 Å². The van der Waals surface area contributed by atoms with E-state index in [4.69, 9.17) is 4.74 Å². The predicted octanol–water partition coefficient (Wildman–Crippen LogP) is 0.883. The minimum absolute atomic E-state index is 0.278. The Morgan fingerprint density at radius 3 is 2.68 bits per heavy atom. The molecule has 2 saturated heterocycles. The van der Waals surface area contributed by atoms with Gasteiger partial charge in [0, 0.05) is 50.6 Å². The second-order valence-corrected chi connectivity index (χ2v) is 7.90. The number of nitrogens with one attached hydrogen (secondary N) is 1. The normalized spacial score (nSPS) is 23.0. The van der Waals surface area contributed by atoms with Crippen LogP contribution in [0.25, 0.3) is 10.9 Å². The lowest BCUT2D eigenvalue weighted by molar-refractivity contribution is -0.884. The summed E-state index contributed by atoms with van der Waals surface area (Å²) in [5, 5.41) is 10.7. The third-order valence-corrected chi connectivity index (χ3v) is 6.14. The molecular weight excluding hydrogens is 356 g/mol. The van der Waals surface area contributed by atoms with E-state index in [1.807, 2.05) is 19.2 Å². The summed E-state index contributed by atoms with van der Waals surface area (Å²) in [5.41, 5.74) is 2.99. The second-order valence-electron chi connectivity index (χ2n) is 7.90. The highest BCUT2D eigenvalue weighted by atomic mass is 16.5. The number of rotatable bonds is 4. The van der Waals surface area contributed by atoms with Crippen LogP contribution in [0, 0.1) is 0 Å². The van der Waals surface area contributed by atoms with Crippen molar-refractivity contribution in [3.05, 3.63) is 30.0 Å². The van der Waals surface area contributed by atoms with Crippen molar-refractivity contribution in [2.45, 2.75) is 18.9 Å². The molecule has 2 N–H and O–H groups in total. The van der Waals surface area contributed by atoms with Gasteiger partial charge in [0.2, 0.25) is 0 Å². The zero-order valence-electron chi connectivity index (χ0n) is 16.6. The van der Waals surface area contributed by atoms with Crippen LogP contribution in [-0.2, 0) is 4.74 Å². The van der Waals surface area contributed by atoms with Crippen molar-refractivity contribution < 1.29 is 19.5 Å². The molecule has 2 aliphatic heterocycles. The lowest BCUT2D eigenvalue weighted by Crippen LogP contribution is -3.10. The topological polar surface area (TPSA) is 70.3 Å². The van der Waals surface area contributed by atoms with Crippen molar-refractivity contribution in [3.63, 3.8) is 0 Å². The minimum Gasteiger partial charge on any atom is -0.478 e. The van der Waals surface area contributed by atoms with Gasteiger partial charge in [0.15, 0.2) is 0 Å². The molecule has 7 nitrogen and oxygen atoms in total. The highest BCUT2D eigenvalue weighted by molar-refractivity contribution is 6.07. The number of ether oxygens (including phenoxy) is 1. The van der Waals surface area contributed by atoms with Crippen LogP contribution in [0.5, 0.6) is 0 Å². The number of hydrogen-bond acceptors (Lipinski definition) is 5. The molecule has 0 atom stereocenters. The highest BCUT2D eigenvalue weighted by Gasteiger charge is 2.28. The average Bonchev–Trinajstić information content (AvgIpc) is 2.73. The van der Waals surface area contributed by atoms with E-state index in [1.165, 1.54) is 11.1 Å². The maximum absolute atomic E-state index is 12.0. The molecule has 0 spiro atoms. The van der Waals surface area contributed by atoms with Crippen LogP contribution >= 0.6 is 0 Å². The van der Waals surface area contributed by atoms with Gasteiger partial charge in [-0.25, -0.2) is 4.79 Å². The first-order valence-corrected chi connectivity index (χ1v) is 10.1. The first-order chi connectivity index (χ1) is 13.6. The van der Waals surface area contributed by atoms with Crippen molar-refractivity contribution in [2.75, 3.05) is 63.3 Å². The Hall–Kier alpha value is -2.38. The van der Waals surface area contributed by atoms with Crippen LogP contribution in [-0.4, -0.2) is 75.6 Å². The zero-order chi connectivity index (χ0) is 19.7. The molecule has 0 bridgehead atoms. The van der Waals surface area contributed by atoms with Crippen molar-refractivity contribution >= 4 is 28.2 Å². The zero-order valence-corrected chi connectivity index (χ0v) is 16.6. The Labute approximate surface area is 165 Å². The molecule has 3 heterocycles. The lowest BCUT2D eigenvalue weighted by atomic mass is 10.00. The largest absolute Gasteiger partial charge is 0.478 e. The monoisotopic (exact) mass is 385 g/mol. The SMILES string of the molecule is CN(c1c(C(=O)O)cnc2c(N3CCOCC3)cccc12)C1CC[NH+](C)CC1. The fourth-order valence-electron chi connectivity index (χ4n) is 4.45. The van der Waals surface area contributed by atoms with Gasteiger partial charge in [-0.2, -0.15) is 0 Å². The van der Waals surface area contributed by atoms with Gasteiger partial charge < -0.3 is 24.5 Å². The van der Waals surface area contributed by atoms with E-state index in [0.29, 0.717) is 19.3 Å². The van der Waals surface area contributed by atoms with E-state index >= 15 is 0 Å². The Morgan fingerprint density at radius 2 is 2.00 bits per heavy atom. The molecule has 1 aromatic heterocycles. The molecular formula is C21H29N4O3+. The van der Waals surface area contributed by atoms with Crippen LogP contribution in [0.3, 0.4) is 0 Å². The number of quaternary nitrogens is 1. The van der Waals surface area contributed by atoms with Crippen LogP contribution in [0.15, 0.2) is 24.4 Å². The van der Waals surface area contributed by atoms with Crippen LogP contribution in [0.4, 0.5) is 11.4 Å². The molecule has 0 amide bonds. The average molecular weight is 385 g/mol. The summed E-state index contributed by atoms with van der Waals surface area (Å²) in [6.45, 7) is 5.27. The number of pyridine rings is 1. The maximum Gasteiger partial charge on any atom is 0.339 e. The number of carbonyl (C=O) groups is 1. The number of carboxylic acid groups (broad SMARTS) is 1. The molecule has 2 aliphatic rings. The van der Waals surface area contributed by atoms with Gasteiger partial charge in [-0.15, -0.1) is 0 Å². The Balaban J connectivity index is 1.80. The van der Waals surface area contributed by atoms with Crippen LogP contribution in [0.1, 0.15) is 23.2 Å². The number of likely N-dealkylation sites (tertiary alicyclic amines) is 1. The van der Waals surface area contributed by atoms with E-state index in [9.17, 15) is 9.90 Å². The van der Waals surface area contributed by atoms with Crippen molar-refractivity contribution in [1.29, 1.82) is 0 Å². The number of piperidine rings is 1. The number of aromatic nitrogens is 1. The van der Waals surface area contributed by atoms with E-state index in [2.05, 4.69) is 27.9 Å². The quantitative estimate of drug-likeness (QED) is 0.814. The van der Waals surface area contributed by atoms with E-state index < -0.39 is 5.97 Å². The fraction of sp³-hybridized carbons (Fsp3) is 0.524. The molecule has 4 rings (SSSR count). The Bertz CT molecular complexity index is 858. The summed E-state index contributed by atoms with van der Waals surface area (Å²) in [6, 6.07) is 6.44.